The predicted molar refractivity (Wildman–Crippen MR) is 73.0 cm³/mol. The molecule has 19 heavy (non-hydrogen) atoms. The van der Waals surface area contributed by atoms with Gasteiger partial charge in [0, 0.05) is 23.5 Å². The smallest absolute Gasteiger partial charge is 0.273 e. The number of rotatable bonds is 4. The van der Waals surface area contributed by atoms with E-state index >= 15 is 0 Å². The molecule has 0 spiro atoms. The monoisotopic (exact) mass is 261 g/mol. The molecule has 0 aliphatic heterocycles. The fourth-order valence-electron chi connectivity index (χ4n) is 1.83. The third-order valence-electron chi connectivity index (χ3n) is 2.72. The van der Waals surface area contributed by atoms with E-state index in [1.165, 1.54) is 12.1 Å². The molecule has 3 N–H and O–H groups in total. The molecule has 1 aromatic carbocycles. The van der Waals surface area contributed by atoms with Crippen molar-refractivity contribution in [2.24, 2.45) is 0 Å². The molecule has 1 atom stereocenters. The van der Waals surface area contributed by atoms with E-state index in [2.05, 4.69) is 5.32 Å². The molecular formula is C13H15N3O3. The second-order valence-electron chi connectivity index (χ2n) is 4.38. The zero-order chi connectivity index (χ0) is 14.0. The number of nitrogens with one attached hydrogen (secondary N) is 1. The number of nitrogens with two attached hydrogens (primary N) is 1. The van der Waals surface area contributed by atoms with Crippen molar-refractivity contribution in [1.82, 2.24) is 0 Å². The molecule has 6 nitrogen and oxygen atoms in total. The maximum absolute atomic E-state index is 10.8. The number of hydrogen-bond donors (Lipinski definition) is 2. The summed E-state index contributed by atoms with van der Waals surface area (Å²) in [6.07, 6.45) is 0. The highest BCUT2D eigenvalue weighted by Gasteiger charge is 2.13. The van der Waals surface area contributed by atoms with E-state index in [9.17, 15) is 10.1 Å². The van der Waals surface area contributed by atoms with Crippen molar-refractivity contribution in [1.29, 1.82) is 0 Å². The standard InChI is InChI=1S/C13H15N3O3/c1-8-3-4-13(19-8)9(2)15-11-5-10(14)6-12(7-11)16(17)18/h3-7,9,15H,14H2,1-2H3. The number of anilines is 2. The summed E-state index contributed by atoms with van der Waals surface area (Å²) in [6.45, 7) is 3.77. The SMILES string of the molecule is Cc1ccc(C(C)Nc2cc(N)cc([N+](=O)[O-])c2)o1. The number of non-ortho nitro benzene ring substituents is 1. The van der Waals surface area contributed by atoms with E-state index in [1.54, 1.807) is 6.07 Å². The lowest BCUT2D eigenvalue weighted by Gasteiger charge is -2.13. The Labute approximate surface area is 110 Å². The number of benzene rings is 1. The van der Waals surface area contributed by atoms with Crippen LogP contribution >= 0.6 is 0 Å². The molecule has 2 rings (SSSR count). The second kappa shape index (κ2) is 5.01. The van der Waals surface area contributed by atoms with Crippen LogP contribution in [0.2, 0.25) is 0 Å². The van der Waals surface area contributed by atoms with E-state index in [4.69, 9.17) is 10.2 Å². The van der Waals surface area contributed by atoms with Gasteiger partial charge in [0.2, 0.25) is 0 Å². The molecular weight excluding hydrogens is 246 g/mol. The Morgan fingerprint density at radius 3 is 2.68 bits per heavy atom. The Morgan fingerprint density at radius 2 is 2.11 bits per heavy atom. The first-order chi connectivity index (χ1) is 8.95. The number of hydrogen-bond acceptors (Lipinski definition) is 5. The Kier molecular flexibility index (Phi) is 3.41. The molecule has 0 saturated carbocycles. The van der Waals surface area contributed by atoms with Crippen molar-refractivity contribution in [3.63, 3.8) is 0 Å². The van der Waals surface area contributed by atoms with Crippen molar-refractivity contribution in [3.05, 3.63) is 52.0 Å². The Bertz CT molecular complexity index is 607. The van der Waals surface area contributed by atoms with Gasteiger partial charge in [-0.15, -0.1) is 0 Å². The van der Waals surface area contributed by atoms with Crippen LogP contribution in [0.5, 0.6) is 0 Å². The molecule has 0 aliphatic carbocycles. The van der Waals surface area contributed by atoms with Crippen LogP contribution in [0.15, 0.2) is 34.7 Å². The van der Waals surface area contributed by atoms with Crippen LogP contribution in [0.3, 0.4) is 0 Å². The summed E-state index contributed by atoms with van der Waals surface area (Å²) in [5.41, 5.74) is 6.55. The van der Waals surface area contributed by atoms with Gasteiger partial charge in [0.15, 0.2) is 0 Å². The van der Waals surface area contributed by atoms with Crippen LogP contribution in [0.25, 0.3) is 0 Å². The first kappa shape index (κ1) is 12.9. The number of furan rings is 1. The first-order valence-corrected chi connectivity index (χ1v) is 5.83. The normalized spacial score (nSPS) is 12.1. The average molecular weight is 261 g/mol. The molecule has 0 bridgehead atoms. The largest absolute Gasteiger partial charge is 0.464 e. The fraction of sp³-hybridized carbons (Fsp3) is 0.231. The third-order valence-corrected chi connectivity index (χ3v) is 2.72. The van der Waals surface area contributed by atoms with Crippen LogP contribution in [0.4, 0.5) is 17.1 Å². The summed E-state index contributed by atoms with van der Waals surface area (Å²) in [5.74, 6) is 1.59. The van der Waals surface area contributed by atoms with Crippen molar-refractivity contribution in [2.45, 2.75) is 19.9 Å². The van der Waals surface area contributed by atoms with Crippen molar-refractivity contribution >= 4 is 17.1 Å². The Balaban J connectivity index is 2.21. The molecule has 2 aromatic rings. The topological polar surface area (TPSA) is 94.3 Å². The molecule has 1 unspecified atom stereocenters. The van der Waals surface area contributed by atoms with Gasteiger partial charge >= 0.3 is 0 Å². The van der Waals surface area contributed by atoms with E-state index in [0.717, 1.165) is 11.5 Å². The summed E-state index contributed by atoms with van der Waals surface area (Å²) < 4.78 is 5.50. The lowest BCUT2D eigenvalue weighted by atomic mass is 10.2. The lowest BCUT2D eigenvalue weighted by molar-refractivity contribution is -0.384. The Hall–Kier alpha value is -2.50. The predicted octanol–water partition coefficient (Wildman–Crippen LogP) is 3.25. The zero-order valence-electron chi connectivity index (χ0n) is 10.7. The minimum atomic E-state index is -0.469. The van der Waals surface area contributed by atoms with Gasteiger partial charge in [-0.1, -0.05) is 0 Å². The van der Waals surface area contributed by atoms with Gasteiger partial charge in [-0.2, -0.15) is 0 Å². The quantitative estimate of drug-likeness (QED) is 0.500. The van der Waals surface area contributed by atoms with Gasteiger partial charge in [-0.3, -0.25) is 10.1 Å². The highest BCUT2D eigenvalue weighted by atomic mass is 16.6. The van der Waals surface area contributed by atoms with E-state index < -0.39 is 4.92 Å². The van der Waals surface area contributed by atoms with Gasteiger partial charge in [-0.25, -0.2) is 0 Å². The maximum atomic E-state index is 10.8. The first-order valence-electron chi connectivity index (χ1n) is 5.83. The van der Waals surface area contributed by atoms with E-state index in [1.807, 2.05) is 26.0 Å². The molecule has 0 radical (unpaired) electrons. The summed E-state index contributed by atoms with van der Waals surface area (Å²) >= 11 is 0. The zero-order valence-corrected chi connectivity index (χ0v) is 10.7. The third kappa shape index (κ3) is 3.04. The second-order valence-corrected chi connectivity index (χ2v) is 4.38. The van der Waals surface area contributed by atoms with Crippen LogP contribution in [0.1, 0.15) is 24.5 Å². The minimum Gasteiger partial charge on any atom is -0.464 e. The van der Waals surface area contributed by atoms with E-state index in [-0.39, 0.29) is 11.7 Å². The van der Waals surface area contributed by atoms with Gasteiger partial charge in [0.25, 0.3) is 5.69 Å². The molecule has 0 aliphatic rings. The highest BCUT2D eigenvalue weighted by Crippen LogP contribution is 2.26. The van der Waals surface area contributed by atoms with Gasteiger partial charge in [0.05, 0.1) is 11.0 Å². The number of nitrogens with zero attached hydrogens (tertiary/aromatic N) is 1. The van der Waals surface area contributed by atoms with Crippen LogP contribution < -0.4 is 11.1 Å². The molecule has 1 aromatic heterocycles. The molecule has 0 fully saturated rings. The summed E-state index contributed by atoms with van der Waals surface area (Å²) in [4.78, 5) is 10.3. The van der Waals surface area contributed by atoms with Crippen molar-refractivity contribution < 1.29 is 9.34 Å². The summed E-state index contributed by atoms with van der Waals surface area (Å²) in [7, 11) is 0. The lowest BCUT2D eigenvalue weighted by Crippen LogP contribution is -2.06. The summed E-state index contributed by atoms with van der Waals surface area (Å²) in [5, 5.41) is 13.9. The Morgan fingerprint density at radius 1 is 1.37 bits per heavy atom. The molecule has 6 heteroatoms. The fourth-order valence-corrected chi connectivity index (χ4v) is 1.83. The highest BCUT2D eigenvalue weighted by molar-refractivity contribution is 5.61. The summed E-state index contributed by atoms with van der Waals surface area (Å²) in [6, 6.07) is 8.06. The molecule has 1 heterocycles. The van der Waals surface area contributed by atoms with E-state index in [0.29, 0.717) is 11.4 Å². The van der Waals surface area contributed by atoms with Crippen LogP contribution in [-0.4, -0.2) is 4.92 Å². The van der Waals surface area contributed by atoms with Crippen LogP contribution in [0, 0.1) is 17.0 Å². The van der Waals surface area contributed by atoms with Gasteiger partial charge < -0.3 is 15.5 Å². The number of nitro groups is 1. The van der Waals surface area contributed by atoms with Gasteiger partial charge in [0.1, 0.15) is 11.5 Å². The molecule has 0 saturated heterocycles. The van der Waals surface area contributed by atoms with Crippen molar-refractivity contribution in [2.75, 3.05) is 11.1 Å². The maximum Gasteiger partial charge on any atom is 0.273 e. The molecule has 0 amide bonds. The number of nitrogen functional groups attached to an aromatic ring is 1. The number of aryl methyl sites for hydroxylation is 1. The minimum absolute atomic E-state index is 0.0367. The van der Waals surface area contributed by atoms with Crippen molar-refractivity contribution in [3.8, 4) is 0 Å². The van der Waals surface area contributed by atoms with Gasteiger partial charge in [-0.05, 0) is 32.0 Å². The van der Waals surface area contributed by atoms with Crippen LogP contribution in [-0.2, 0) is 0 Å². The average Bonchev–Trinajstić information content (AvgIpc) is 2.75. The number of nitro benzene ring substituents is 1. The molecule has 100 valence electrons.